The number of methoxy groups -OCH3 is 1. The topological polar surface area (TPSA) is 21.3 Å². The van der Waals surface area contributed by atoms with E-state index in [1.807, 2.05) is 6.07 Å². The van der Waals surface area contributed by atoms with Gasteiger partial charge in [0.25, 0.3) is 0 Å². The summed E-state index contributed by atoms with van der Waals surface area (Å²) in [5.41, 5.74) is 4.21. The summed E-state index contributed by atoms with van der Waals surface area (Å²) in [5.74, 6) is 1.40. The van der Waals surface area contributed by atoms with Gasteiger partial charge >= 0.3 is 0 Å². The van der Waals surface area contributed by atoms with Crippen molar-refractivity contribution < 1.29 is 4.74 Å². The first-order valence-corrected chi connectivity index (χ1v) is 9.88. The summed E-state index contributed by atoms with van der Waals surface area (Å²) >= 11 is 0. The van der Waals surface area contributed by atoms with Gasteiger partial charge in [-0.3, -0.25) is 0 Å². The van der Waals surface area contributed by atoms with Crippen LogP contribution in [0.4, 0.5) is 0 Å². The molecule has 2 heteroatoms. The van der Waals surface area contributed by atoms with Crippen molar-refractivity contribution in [2.75, 3.05) is 13.7 Å². The third-order valence-corrected chi connectivity index (χ3v) is 4.89. The summed E-state index contributed by atoms with van der Waals surface area (Å²) in [6.07, 6.45) is 8.01. The molecular weight excluding hydrogens is 318 g/mol. The second kappa shape index (κ2) is 11.4. The number of ether oxygens (including phenoxy) is 1. The van der Waals surface area contributed by atoms with E-state index in [1.54, 1.807) is 7.11 Å². The quantitative estimate of drug-likeness (QED) is 0.494. The molecule has 0 fully saturated rings. The minimum atomic E-state index is 0.458. The first kappa shape index (κ1) is 20.1. The molecule has 2 aromatic carbocycles. The van der Waals surface area contributed by atoms with Crippen LogP contribution in [0.5, 0.6) is 5.75 Å². The van der Waals surface area contributed by atoms with Crippen LogP contribution in [0.1, 0.15) is 56.6 Å². The van der Waals surface area contributed by atoms with Gasteiger partial charge in [0.1, 0.15) is 5.75 Å². The molecule has 1 atom stereocenters. The summed E-state index contributed by atoms with van der Waals surface area (Å²) in [7, 11) is 1.74. The SMILES string of the molecule is CCCCC(/C(=C/NCCc1ccccc1)CC)c1cccc(OC)c1. The number of nitrogens with one attached hydrogen (secondary N) is 1. The number of hydrogen-bond acceptors (Lipinski definition) is 2. The number of hydrogen-bond donors (Lipinski definition) is 1. The Labute approximate surface area is 159 Å². The molecule has 0 radical (unpaired) electrons. The Balaban J connectivity index is 2.06. The van der Waals surface area contributed by atoms with E-state index in [1.165, 1.54) is 36.0 Å². The van der Waals surface area contributed by atoms with Crippen LogP contribution in [0.3, 0.4) is 0 Å². The summed E-state index contributed by atoms with van der Waals surface area (Å²) in [6.45, 7) is 5.48. The van der Waals surface area contributed by atoms with Crippen LogP contribution in [0.2, 0.25) is 0 Å². The van der Waals surface area contributed by atoms with Gasteiger partial charge in [-0.05, 0) is 54.3 Å². The van der Waals surface area contributed by atoms with Gasteiger partial charge in [0.2, 0.25) is 0 Å². The smallest absolute Gasteiger partial charge is 0.119 e. The number of unbranched alkanes of at least 4 members (excludes halogenated alkanes) is 1. The average molecular weight is 352 g/mol. The summed E-state index contributed by atoms with van der Waals surface area (Å²) in [5, 5.41) is 3.55. The molecule has 0 saturated heterocycles. The molecule has 26 heavy (non-hydrogen) atoms. The van der Waals surface area contributed by atoms with Gasteiger partial charge in [0.05, 0.1) is 7.11 Å². The van der Waals surface area contributed by atoms with E-state index in [4.69, 9.17) is 4.74 Å². The highest BCUT2D eigenvalue weighted by Crippen LogP contribution is 2.33. The lowest BCUT2D eigenvalue weighted by Gasteiger charge is -2.21. The average Bonchev–Trinajstić information content (AvgIpc) is 2.70. The van der Waals surface area contributed by atoms with E-state index in [2.05, 4.69) is 73.9 Å². The zero-order chi connectivity index (χ0) is 18.6. The Bertz CT molecular complexity index is 663. The lowest BCUT2D eigenvalue weighted by atomic mass is 9.86. The second-order valence-corrected chi connectivity index (χ2v) is 6.73. The van der Waals surface area contributed by atoms with E-state index >= 15 is 0 Å². The molecule has 0 aromatic heterocycles. The lowest BCUT2D eigenvalue weighted by Crippen LogP contribution is -2.13. The van der Waals surface area contributed by atoms with Crippen molar-refractivity contribution in [3.63, 3.8) is 0 Å². The molecule has 0 aliphatic carbocycles. The van der Waals surface area contributed by atoms with E-state index in [-0.39, 0.29) is 0 Å². The fourth-order valence-corrected chi connectivity index (χ4v) is 3.35. The molecule has 0 amide bonds. The van der Waals surface area contributed by atoms with Crippen molar-refractivity contribution in [2.24, 2.45) is 0 Å². The summed E-state index contributed by atoms with van der Waals surface area (Å²) < 4.78 is 5.44. The van der Waals surface area contributed by atoms with Crippen molar-refractivity contribution in [1.82, 2.24) is 5.32 Å². The van der Waals surface area contributed by atoms with Crippen molar-refractivity contribution in [3.8, 4) is 5.75 Å². The van der Waals surface area contributed by atoms with Crippen molar-refractivity contribution in [2.45, 2.75) is 51.9 Å². The zero-order valence-electron chi connectivity index (χ0n) is 16.5. The fraction of sp³-hybridized carbons (Fsp3) is 0.417. The molecular formula is C24H33NO. The monoisotopic (exact) mass is 351 g/mol. The predicted molar refractivity (Wildman–Crippen MR) is 112 cm³/mol. The molecule has 0 aliphatic rings. The lowest BCUT2D eigenvalue weighted by molar-refractivity contribution is 0.413. The van der Waals surface area contributed by atoms with Gasteiger partial charge in [-0.2, -0.15) is 0 Å². The minimum absolute atomic E-state index is 0.458. The molecule has 2 aromatic rings. The second-order valence-electron chi connectivity index (χ2n) is 6.73. The summed E-state index contributed by atoms with van der Waals surface area (Å²) in [6, 6.07) is 19.2. The molecule has 0 aliphatic heterocycles. The first-order chi connectivity index (χ1) is 12.8. The van der Waals surface area contributed by atoms with Gasteiger partial charge in [0.15, 0.2) is 0 Å². The van der Waals surface area contributed by atoms with E-state index < -0.39 is 0 Å². The Morgan fingerprint density at radius 1 is 1.08 bits per heavy atom. The largest absolute Gasteiger partial charge is 0.497 e. The van der Waals surface area contributed by atoms with Crippen LogP contribution in [0.15, 0.2) is 66.4 Å². The van der Waals surface area contributed by atoms with Crippen molar-refractivity contribution in [3.05, 3.63) is 77.5 Å². The fourth-order valence-electron chi connectivity index (χ4n) is 3.35. The number of benzene rings is 2. The van der Waals surface area contributed by atoms with E-state index in [0.717, 1.165) is 25.1 Å². The van der Waals surface area contributed by atoms with Crippen LogP contribution >= 0.6 is 0 Å². The minimum Gasteiger partial charge on any atom is -0.497 e. The number of rotatable bonds is 11. The van der Waals surface area contributed by atoms with Gasteiger partial charge in [-0.15, -0.1) is 0 Å². The molecule has 0 heterocycles. The maximum atomic E-state index is 5.44. The Morgan fingerprint density at radius 2 is 1.88 bits per heavy atom. The van der Waals surface area contributed by atoms with Crippen LogP contribution < -0.4 is 10.1 Å². The maximum Gasteiger partial charge on any atom is 0.119 e. The van der Waals surface area contributed by atoms with Crippen LogP contribution in [0.25, 0.3) is 0 Å². The van der Waals surface area contributed by atoms with Gasteiger partial charge in [0, 0.05) is 12.5 Å². The van der Waals surface area contributed by atoms with Crippen LogP contribution in [-0.4, -0.2) is 13.7 Å². The van der Waals surface area contributed by atoms with Gasteiger partial charge in [-0.25, -0.2) is 0 Å². The Hall–Kier alpha value is -2.22. The maximum absolute atomic E-state index is 5.44. The molecule has 140 valence electrons. The Morgan fingerprint density at radius 3 is 2.58 bits per heavy atom. The standard InChI is InChI=1S/C24H33NO/c1-4-6-15-24(22-13-10-14-23(18-22)26-3)21(5-2)19-25-17-16-20-11-8-7-9-12-20/h7-14,18-19,24-25H,4-6,15-17H2,1-3H3/b21-19+. The van der Waals surface area contributed by atoms with Crippen LogP contribution in [0, 0.1) is 0 Å². The summed E-state index contributed by atoms with van der Waals surface area (Å²) in [4.78, 5) is 0. The van der Waals surface area contributed by atoms with Gasteiger partial charge in [-0.1, -0.05) is 69.2 Å². The molecule has 2 nitrogen and oxygen atoms in total. The third-order valence-electron chi connectivity index (χ3n) is 4.89. The van der Waals surface area contributed by atoms with E-state index in [9.17, 15) is 0 Å². The highest BCUT2D eigenvalue weighted by molar-refractivity contribution is 5.35. The zero-order valence-corrected chi connectivity index (χ0v) is 16.5. The molecule has 0 spiro atoms. The highest BCUT2D eigenvalue weighted by atomic mass is 16.5. The van der Waals surface area contributed by atoms with Crippen LogP contribution in [-0.2, 0) is 6.42 Å². The Kier molecular flexibility index (Phi) is 8.82. The van der Waals surface area contributed by atoms with E-state index in [0.29, 0.717) is 5.92 Å². The van der Waals surface area contributed by atoms with Crippen molar-refractivity contribution >= 4 is 0 Å². The molecule has 0 bridgehead atoms. The highest BCUT2D eigenvalue weighted by Gasteiger charge is 2.16. The van der Waals surface area contributed by atoms with Gasteiger partial charge < -0.3 is 10.1 Å². The van der Waals surface area contributed by atoms with Crippen molar-refractivity contribution in [1.29, 1.82) is 0 Å². The molecule has 2 rings (SSSR count). The molecule has 1 N–H and O–H groups in total. The molecule has 0 saturated carbocycles. The predicted octanol–water partition coefficient (Wildman–Crippen LogP) is 6.10. The first-order valence-electron chi connectivity index (χ1n) is 9.88. The molecule has 1 unspecified atom stereocenters. The normalized spacial score (nSPS) is 12.7. The number of allylic oxidation sites excluding steroid dienone is 1. The third kappa shape index (κ3) is 6.25.